The highest BCUT2D eigenvalue weighted by molar-refractivity contribution is 5.94. The zero-order valence-electron chi connectivity index (χ0n) is 13.2. The smallest absolute Gasteiger partial charge is 0.408 e. The highest BCUT2D eigenvalue weighted by Gasteiger charge is 2.25. The monoisotopic (exact) mass is 289 g/mol. The first-order chi connectivity index (χ1) is 9.76. The van der Waals surface area contributed by atoms with Gasteiger partial charge in [0.25, 0.3) is 0 Å². The first kappa shape index (κ1) is 15.5. The van der Waals surface area contributed by atoms with E-state index < -0.39 is 11.7 Å². The van der Waals surface area contributed by atoms with E-state index in [1.165, 1.54) is 0 Å². The Bertz CT molecular complexity index is 558. The highest BCUT2D eigenvalue weighted by atomic mass is 16.6. The molecule has 0 radical (unpaired) electrons. The summed E-state index contributed by atoms with van der Waals surface area (Å²) in [6.07, 6.45) is 2.44. The molecule has 0 unspecified atom stereocenters. The van der Waals surface area contributed by atoms with Gasteiger partial charge in [0, 0.05) is 5.56 Å². The van der Waals surface area contributed by atoms with E-state index in [1.807, 2.05) is 39.0 Å². The largest absolute Gasteiger partial charge is 0.444 e. The number of hydrogen-bond acceptors (Lipinski definition) is 3. The normalized spacial score (nSPS) is 17.8. The van der Waals surface area contributed by atoms with Gasteiger partial charge >= 0.3 is 6.09 Å². The molecule has 2 rings (SSSR count). The van der Waals surface area contributed by atoms with Crippen LogP contribution in [0.3, 0.4) is 0 Å². The van der Waals surface area contributed by atoms with Gasteiger partial charge in [0.1, 0.15) is 5.60 Å². The first-order valence-corrected chi connectivity index (χ1v) is 7.39. The maximum Gasteiger partial charge on any atom is 0.408 e. The van der Waals surface area contributed by atoms with E-state index in [0.29, 0.717) is 0 Å². The minimum atomic E-state index is -0.500. The van der Waals surface area contributed by atoms with Gasteiger partial charge in [-0.15, -0.1) is 0 Å². The van der Waals surface area contributed by atoms with Gasteiger partial charge in [-0.2, -0.15) is 0 Å². The van der Waals surface area contributed by atoms with Crippen molar-refractivity contribution in [3.63, 3.8) is 0 Å². The second kappa shape index (κ2) is 5.88. The van der Waals surface area contributed by atoms with Crippen molar-refractivity contribution in [2.45, 2.75) is 58.6 Å². The summed E-state index contributed by atoms with van der Waals surface area (Å²) in [5, 5.41) is 2.93. The summed E-state index contributed by atoms with van der Waals surface area (Å²) >= 11 is 0. The number of carbonyl (C=O) groups is 2. The van der Waals surface area contributed by atoms with E-state index >= 15 is 0 Å². The van der Waals surface area contributed by atoms with Crippen molar-refractivity contribution in [2.24, 2.45) is 0 Å². The molecule has 4 nitrogen and oxygen atoms in total. The fraction of sp³-hybridized carbons (Fsp3) is 0.529. The average molecular weight is 289 g/mol. The SMILES string of the molecule is CC(=O)c1ccc2c(c1)CCC[C@H]2NC(=O)OC(C)(C)C. The molecule has 21 heavy (non-hydrogen) atoms. The van der Waals surface area contributed by atoms with Crippen LogP contribution in [0.2, 0.25) is 0 Å². The van der Waals surface area contributed by atoms with Gasteiger partial charge in [0.05, 0.1) is 6.04 Å². The van der Waals surface area contributed by atoms with E-state index in [1.54, 1.807) is 6.92 Å². The topological polar surface area (TPSA) is 55.4 Å². The number of nitrogens with one attached hydrogen (secondary N) is 1. The lowest BCUT2D eigenvalue weighted by atomic mass is 9.86. The van der Waals surface area contributed by atoms with Crippen LogP contribution >= 0.6 is 0 Å². The van der Waals surface area contributed by atoms with Crippen molar-refractivity contribution in [1.29, 1.82) is 0 Å². The van der Waals surface area contributed by atoms with Crippen LogP contribution in [-0.4, -0.2) is 17.5 Å². The molecule has 4 heteroatoms. The molecule has 1 aromatic rings. The van der Waals surface area contributed by atoms with Gasteiger partial charge < -0.3 is 10.1 Å². The fourth-order valence-electron chi connectivity index (χ4n) is 2.63. The van der Waals surface area contributed by atoms with Crippen LogP contribution in [0.1, 0.15) is 68.1 Å². The molecule has 1 atom stereocenters. The Morgan fingerprint density at radius 1 is 1.29 bits per heavy atom. The molecule has 0 saturated carbocycles. The summed E-state index contributed by atoms with van der Waals surface area (Å²) < 4.78 is 5.31. The highest BCUT2D eigenvalue weighted by Crippen LogP contribution is 2.30. The summed E-state index contributed by atoms with van der Waals surface area (Å²) in [5.41, 5.74) is 2.47. The minimum absolute atomic E-state index is 0.0374. The van der Waals surface area contributed by atoms with Crippen LogP contribution in [0.4, 0.5) is 4.79 Å². The van der Waals surface area contributed by atoms with Crippen LogP contribution in [0.25, 0.3) is 0 Å². The molecule has 1 aromatic carbocycles. The molecule has 0 aromatic heterocycles. The van der Waals surface area contributed by atoms with Gasteiger partial charge in [-0.1, -0.05) is 12.1 Å². The minimum Gasteiger partial charge on any atom is -0.444 e. The fourth-order valence-corrected chi connectivity index (χ4v) is 2.63. The predicted octanol–water partition coefficient (Wildman–Crippen LogP) is 3.79. The Hall–Kier alpha value is -1.84. The Morgan fingerprint density at radius 2 is 2.00 bits per heavy atom. The molecule has 1 aliphatic rings. The number of fused-ring (bicyclic) bond motifs is 1. The Labute approximate surface area is 125 Å². The number of aryl methyl sites for hydroxylation is 1. The lowest BCUT2D eigenvalue weighted by Gasteiger charge is -2.28. The number of rotatable bonds is 2. The van der Waals surface area contributed by atoms with Crippen molar-refractivity contribution in [3.05, 3.63) is 34.9 Å². The molecule has 1 amide bonds. The van der Waals surface area contributed by atoms with E-state index in [4.69, 9.17) is 4.74 Å². The number of benzene rings is 1. The van der Waals surface area contributed by atoms with Gasteiger partial charge in [0.2, 0.25) is 0 Å². The number of hydrogen-bond donors (Lipinski definition) is 1. The van der Waals surface area contributed by atoms with Crippen LogP contribution in [0.15, 0.2) is 18.2 Å². The number of ketones is 1. The Morgan fingerprint density at radius 3 is 2.62 bits per heavy atom. The zero-order chi connectivity index (χ0) is 15.6. The third kappa shape index (κ3) is 4.06. The molecular formula is C17H23NO3. The van der Waals surface area contributed by atoms with E-state index in [0.717, 1.165) is 36.0 Å². The van der Waals surface area contributed by atoms with Crippen LogP contribution in [0.5, 0.6) is 0 Å². The summed E-state index contributed by atoms with van der Waals surface area (Å²) in [6.45, 7) is 7.11. The summed E-state index contributed by atoms with van der Waals surface area (Å²) in [6, 6.07) is 5.69. The molecule has 0 saturated heterocycles. The maximum absolute atomic E-state index is 11.9. The van der Waals surface area contributed by atoms with Gasteiger partial charge in [0.15, 0.2) is 5.78 Å². The molecule has 1 aliphatic carbocycles. The molecule has 0 heterocycles. The third-order valence-electron chi connectivity index (χ3n) is 3.55. The van der Waals surface area contributed by atoms with Gasteiger partial charge in [-0.05, 0) is 64.2 Å². The van der Waals surface area contributed by atoms with Crippen LogP contribution in [0, 0.1) is 0 Å². The van der Waals surface area contributed by atoms with Crippen molar-refractivity contribution in [2.75, 3.05) is 0 Å². The van der Waals surface area contributed by atoms with Crippen LogP contribution < -0.4 is 5.32 Å². The number of alkyl carbamates (subject to hydrolysis) is 1. The van der Waals surface area contributed by atoms with Gasteiger partial charge in [-0.25, -0.2) is 4.79 Å². The second-order valence-corrected chi connectivity index (χ2v) is 6.56. The molecule has 114 valence electrons. The van der Waals surface area contributed by atoms with Crippen molar-refractivity contribution in [1.82, 2.24) is 5.32 Å². The molecule has 0 aliphatic heterocycles. The van der Waals surface area contributed by atoms with Crippen LogP contribution in [-0.2, 0) is 11.2 Å². The number of Topliss-reactive ketones (excluding diaryl/α,β-unsaturated/α-hetero) is 1. The quantitative estimate of drug-likeness (QED) is 0.843. The first-order valence-electron chi connectivity index (χ1n) is 7.39. The Kier molecular flexibility index (Phi) is 4.35. The van der Waals surface area contributed by atoms with Crippen molar-refractivity contribution in [3.8, 4) is 0 Å². The number of amides is 1. The van der Waals surface area contributed by atoms with E-state index in [-0.39, 0.29) is 11.8 Å². The zero-order valence-corrected chi connectivity index (χ0v) is 13.2. The summed E-state index contributed by atoms with van der Waals surface area (Å²) in [4.78, 5) is 23.4. The van der Waals surface area contributed by atoms with E-state index in [9.17, 15) is 9.59 Å². The second-order valence-electron chi connectivity index (χ2n) is 6.56. The average Bonchev–Trinajstić information content (AvgIpc) is 2.36. The van der Waals surface area contributed by atoms with E-state index in [2.05, 4.69) is 5.32 Å². The lowest BCUT2D eigenvalue weighted by Crippen LogP contribution is -2.36. The Balaban J connectivity index is 2.15. The molecule has 0 bridgehead atoms. The number of carbonyl (C=O) groups excluding carboxylic acids is 2. The van der Waals surface area contributed by atoms with Crippen molar-refractivity contribution >= 4 is 11.9 Å². The molecule has 0 spiro atoms. The lowest BCUT2D eigenvalue weighted by molar-refractivity contribution is 0.0498. The standard InChI is InChI=1S/C17H23NO3/c1-11(19)12-8-9-14-13(10-12)6-5-7-15(14)18-16(20)21-17(2,3)4/h8-10,15H,5-7H2,1-4H3,(H,18,20)/t15-/m1/s1. The maximum atomic E-state index is 11.9. The predicted molar refractivity (Wildman–Crippen MR) is 81.5 cm³/mol. The molecule has 1 N–H and O–H groups in total. The molecule has 0 fully saturated rings. The summed E-state index contributed by atoms with van der Waals surface area (Å²) in [7, 11) is 0. The van der Waals surface area contributed by atoms with Crippen molar-refractivity contribution < 1.29 is 14.3 Å². The molecular weight excluding hydrogens is 266 g/mol. The number of ether oxygens (including phenoxy) is 1. The van der Waals surface area contributed by atoms with Gasteiger partial charge in [-0.3, -0.25) is 4.79 Å². The summed E-state index contributed by atoms with van der Waals surface area (Å²) in [5.74, 6) is 0.0695. The third-order valence-corrected chi connectivity index (χ3v) is 3.55.